The van der Waals surface area contributed by atoms with Crippen LogP contribution in [0.4, 0.5) is 5.69 Å². The number of hydrogen-bond acceptors (Lipinski definition) is 4. The van der Waals surface area contributed by atoms with Gasteiger partial charge < -0.3 is 4.43 Å². The minimum absolute atomic E-state index is 0.0111. The smallest absolute Gasteiger partial charge is 0.270 e. The van der Waals surface area contributed by atoms with Crippen LogP contribution in [0.15, 0.2) is 18.2 Å². The number of benzene rings is 1. The van der Waals surface area contributed by atoms with Crippen molar-refractivity contribution in [2.45, 2.75) is 45.8 Å². The summed E-state index contributed by atoms with van der Waals surface area (Å²) in [7, 11) is -2.09. The lowest BCUT2D eigenvalue weighted by atomic mass is 10.1. The van der Waals surface area contributed by atoms with Crippen LogP contribution in [0.3, 0.4) is 0 Å². The van der Waals surface area contributed by atoms with Crippen molar-refractivity contribution in [3.63, 3.8) is 0 Å². The molecular formula is C14H21NO4Si. The average Bonchev–Trinajstić information content (AvgIpc) is 2.26. The molecule has 0 saturated heterocycles. The van der Waals surface area contributed by atoms with Gasteiger partial charge in [-0.05, 0) is 31.1 Å². The Morgan fingerprint density at radius 2 is 1.85 bits per heavy atom. The van der Waals surface area contributed by atoms with E-state index < -0.39 is 13.2 Å². The summed E-state index contributed by atoms with van der Waals surface area (Å²) in [5, 5.41) is 10.8. The Bertz CT molecular complexity index is 547. The number of Topliss-reactive ketones (excluding diaryl/α,β-unsaturated/α-hetero) is 1. The monoisotopic (exact) mass is 295 g/mol. The maximum Gasteiger partial charge on any atom is 0.270 e. The third-order valence-electron chi connectivity index (χ3n) is 3.72. The molecular weight excluding hydrogens is 274 g/mol. The molecule has 0 atom stereocenters. The van der Waals surface area contributed by atoms with E-state index >= 15 is 0 Å². The lowest BCUT2D eigenvalue weighted by Gasteiger charge is -2.36. The average molecular weight is 295 g/mol. The molecule has 0 heterocycles. The number of hydrogen-bond donors (Lipinski definition) is 0. The number of non-ortho nitro benzene ring substituents is 1. The van der Waals surface area contributed by atoms with Crippen molar-refractivity contribution in [1.29, 1.82) is 0 Å². The highest BCUT2D eigenvalue weighted by molar-refractivity contribution is 6.74. The van der Waals surface area contributed by atoms with Gasteiger partial charge in [-0.3, -0.25) is 14.9 Å². The maximum atomic E-state index is 11.7. The molecule has 6 heteroatoms. The molecule has 0 amide bonds. The fourth-order valence-corrected chi connectivity index (χ4v) is 2.46. The van der Waals surface area contributed by atoms with Gasteiger partial charge in [0.05, 0.1) is 10.5 Å². The van der Waals surface area contributed by atoms with Crippen molar-refractivity contribution in [3.8, 4) is 5.75 Å². The fourth-order valence-electron chi connectivity index (χ4n) is 1.42. The van der Waals surface area contributed by atoms with E-state index in [1.165, 1.54) is 25.1 Å². The van der Waals surface area contributed by atoms with E-state index in [1.54, 1.807) is 0 Å². The highest BCUT2D eigenvalue weighted by atomic mass is 28.4. The highest BCUT2D eigenvalue weighted by Crippen LogP contribution is 2.38. The minimum Gasteiger partial charge on any atom is -0.543 e. The first kappa shape index (κ1) is 16.4. The Morgan fingerprint density at radius 3 is 2.25 bits per heavy atom. The Labute approximate surface area is 120 Å². The van der Waals surface area contributed by atoms with E-state index in [2.05, 4.69) is 33.9 Å². The van der Waals surface area contributed by atoms with Crippen LogP contribution in [0.1, 0.15) is 38.1 Å². The van der Waals surface area contributed by atoms with E-state index in [1.807, 2.05) is 0 Å². The summed E-state index contributed by atoms with van der Waals surface area (Å²) in [6, 6.07) is 4.18. The first-order chi connectivity index (χ1) is 8.95. The van der Waals surface area contributed by atoms with Crippen LogP contribution in [-0.4, -0.2) is 19.0 Å². The minimum atomic E-state index is -2.09. The molecule has 0 fully saturated rings. The summed E-state index contributed by atoms with van der Waals surface area (Å²) in [6.07, 6.45) is 0. The van der Waals surface area contributed by atoms with Gasteiger partial charge in [0.1, 0.15) is 5.75 Å². The van der Waals surface area contributed by atoms with Crippen LogP contribution < -0.4 is 4.43 Å². The number of nitro groups is 1. The van der Waals surface area contributed by atoms with E-state index in [9.17, 15) is 14.9 Å². The molecule has 0 N–H and O–H groups in total. The SMILES string of the molecule is CC(=O)c1cc([N+](=O)[O-])ccc1O[Si](C)(C)C(C)(C)C. The molecule has 1 aromatic rings. The van der Waals surface area contributed by atoms with Crippen LogP contribution in [0, 0.1) is 10.1 Å². The van der Waals surface area contributed by atoms with Crippen molar-refractivity contribution >= 4 is 19.8 Å². The standard InChI is InChI=1S/C14H21NO4Si/c1-10(16)12-9-11(15(17)18)7-8-13(12)19-20(5,6)14(2,3)4/h7-9H,1-6H3. The zero-order valence-electron chi connectivity index (χ0n) is 12.8. The number of carbonyl (C=O) groups excluding carboxylic acids is 1. The molecule has 110 valence electrons. The molecule has 0 unspecified atom stereocenters. The van der Waals surface area contributed by atoms with Crippen molar-refractivity contribution < 1.29 is 14.1 Å². The molecule has 0 saturated carbocycles. The van der Waals surface area contributed by atoms with Gasteiger partial charge in [-0.2, -0.15) is 0 Å². The van der Waals surface area contributed by atoms with E-state index in [-0.39, 0.29) is 22.1 Å². The lowest BCUT2D eigenvalue weighted by molar-refractivity contribution is -0.384. The Morgan fingerprint density at radius 1 is 1.30 bits per heavy atom. The lowest BCUT2D eigenvalue weighted by Crippen LogP contribution is -2.44. The molecule has 0 aliphatic rings. The third kappa shape index (κ3) is 3.44. The number of rotatable bonds is 4. The second-order valence-corrected chi connectivity index (χ2v) is 11.1. The summed E-state index contributed by atoms with van der Waals surface area (Å²) in [6.45, 7) is 11.8. The van der Waals surface area contributed by atoms with E-state index in [4.69, 9.17) is 4.43 Å². The van der Waals surface area contributed by atoms with Crippen LogP contribution >= 0.6 is 0 Å². The number of nitrogens with zero attached hydrogens (tertiary/aromatic N) is 1. The fraction of sp³-hybridized carbons (Fsp3) is 0.500. The van der Waals surface area contributed by atoms with Gasteiger partial charge >= 0.3 is 0 Å². The zero-order chi connectivity index (χ0) is 15.7. The molecule has 0 aromatic heterocycles. The first-order valence-corrected chi connectivity index (χ1v) is 9.35. The number of ketones is 1. The molecule has 0 aliphatic carbocycles. The quantitative estimate of drug-likeness (QED) is 0.361. The Balaban J connectivity index is 3.26. The van der Waals surface area contributed by atoms with Gasteiger partial charge in [0.2, 0.25) is 0 Å². The van der Waals surface area contributed by atoms with Crippen LogP contribution in [-0.2, 0) is 0 Å². The maximum absolute atomic E-state index is 11.7. The molecule has 0 aliphatic heterocycles. The second-order valence-electron chi connectivity index (χ2n) is 6.36. The van der Waals surface area contributed by atoms with Crippen molar-refractivity contribution in [3.05, 3.63) is 33.9 Å². The van der Waals surface area contributed by atoms with Crippen molar-refractivity contribution in [2.24, 2.45) is 0 Å². The molecule has 0 spiro atoms. The number of carbonyl (C=O) groups is 1. The summed E-state index contributed by atoms with van der Waals surface area (Å²) < 4.78 is 6.09. The third-order valence-corrected chi connectivity index (χ3v) is 8.07. The van der Waals surface area contributed by atoms with Crippen LogP contribution in [0.2, 0.25) is 18.1 Å². The zero-order valence-corrected chi connectivity index (χ0v) is 13.8. The second kappa shape index (κ2) is 5.36. The Kier molecular flexibility index (Phi) is 4.38. The van der Waals surface area contributed by atoms with Gasteiger partial charge in [0.15, 0.2) is 5.78 Å². The van der Waals surface area contributed by atoms with Crippen LogP contribution in [0.25, 0.3) is 0 Å². The molecule has 5 nitrogen and oxygen atoms in total. The van der Waals surface area contributed by atoms with E-state index in [0.717, 1.165) is 0 Å². The largest absolute Gasteiger partial charge is 0.543 e. The molecule has 0 radical (unpaired) electrons. The van der Waals surface area contributed by atoms with Crippen molar-refractivity contribution in [2.75, 3.05) is 0 Å². The van der Waals surface area contributed by atoms with Crippen molar-refractivity contribution in [1.82, 2.24) is 0 Å². The summed E-state index contributed by atoms with van der Waals surface area (Å²) in [4.78, 5) is 22.0. The van der Waals surface area contributed by atoms with Gasteiger partial charge in [0, 0.05) is 12.1 Å². The van der Waals surface area contributed by atoms with Crippen LogP contribution in [0.5, 0.6) is 5.75 Å². The van der Waals surface area contributed by atoms with Gasteiger partial charge in [-0.15, -0.1) is 0 Å². The van der Waals surface area contributed by atoms with E-state index in [0.29, 0.717) is 5.75 Å². The topological polar surface area (TPSA) is 69.4 Å². The first-order valence-electron chi connectivity index (χ1n) is 6.44. The summed E-state index contributed by atoms with van der Waals surface area (Å²) in [5.74, 6) is 0.206. The van der Waals surface area contributed by atoms with Gasteiger partial charge in [-0.25, -0.2) is 0 Å². The summed E-state index contributed by atoms with van der Waals surface area (Å²) in [5.41, 5.74) is 0.168. The number of nitro benzene ring substituents is 1. The Hall–Kier alpha value is -1.69. The van der Waals surface area contributed by atoms with Gasteiger partial charge in [-0.1, -0.05) is 20.8 Å². The molecule has 1 rings (SSSR count). The highest BCUT2D eigenvalue weighted by Gasteiger charge is 2.39. The predicted octanol–water partition coefficient (Wildman–Crippen LogP) is 4.18. The predicted molar refractivity (Wildman–Crippen MR) is 80.9 cm³/mol. The molecule has 1 aromatic carbocycles. The normalized spacial score (nSPS) is 12.1. The van der Waals surface area contributed by atoms with Gasteiger partial charge in [0.25, 0.3) is 14.0 Å². The molecule has 0 bridgehead atoms. The summed E-state index contributed by atoms with van der Waals surface area (Å²) >= 11 is 0. The molecule has 20 heavy (non-hydrogen) atoms.